The van der Waals surface area contributed by atoms with E-state index >= 15 is 0 Å². The van der Waals surface area contributed by atoms with Crippen LogP contribution in [0.5, 0.6) is 0 Å². The van der Waals surface area contributed by atoms with Crippen molar-refractivity contribution in [2.24, 2.45) is 0 Å². The first-order valence-electron chi connectivity index (χ1n) is 8.10. The molecule has 6 nitrogen and oxygen atoms in total. The standard InChI is InChI=1S/C17H21FN4O2/c1-2-24-17(23)21-8-7-15(12-21)19-9-13-10-20-22(11-13)16-5-3-14(18)4-6-16/h3-6,10-11,15,19H,2,7-9,12H2,1H3/t15-/m0/s1. The highest BCUT2D eigenvalue weighted by molar-refractivity contribution is 5.68. The van der Waals surface area contributed by atoms with E-state index in [1.165, 1.54) is 12.1 Å². The molecular weight excluding hydrogens is 311 g/mol. The van der Waals surface area contributed by atoms with Gasteiger partial charge in [-0.15, -0.1) is 0 Å². The first kappa shape index (κ1) is 16.4. The Kier molecular flexibility index (Phi) is 5.10. The maximum absolute atomic E-state index is 13.0. The van der Waals surface area contributed by atoms with Crippen LogP contribution in [-0.2, 0) is 11.3 Å². The number of ether oxygens (including phenoxy) is 1. The summed E-state index contributed by atoms with van der Waals surface area (Å²) in [6.07, 6.45) is 4.36. The fraction of sp³-hybridized carbons (Fsp3) is 0.412. The van der Waals surface area contributed by atoms with Gasteiger partial charge in [-0.3, -0.25) is 0 Å². The van der Waals surface area contributed by atoms with Gasteiger partial charge >= 0.3 is 6.09 Å². The second kappa shape index (κ2) is 7.44. The number of aromatic nitrogens is 2. The van der Waals surface area contributed by atoms with Gasteiger partial charge in [0.15, 0.2) is 0 Å². The second-order valence-corrected chi connectivity index (χ2v) is 5.78. The van der Waals surface area contributed by atoms with Gasteiger partial charge in [-0.25, -0.2) is 13.9 Å². The van der Waals surface area contributed by atoms with Crippen molar-refractivity contribution < 1.29 is 13.9 Å². The summed E-state index contributed by atoms with van der Waals surface area (Å²) >= 11 is 0. The SMILES string of the molecule is CCOC(=O)N1CC[C@H](NCc2cnn(-c3ccc(F)cc3)c2)C1. The molecule has 3 rings (SSSR count). The first-order valence-corrected chi connectivity index (χ1v) is 8.10. The fourth-order valence-corrected chi connectivity index (χ4v) is 2.76. The molecule has 0 bridgehead atoms. The van der Waals surface area contributed by atoms with E-state index in [-0.39, 0.29) is 18.0 Å². The monoisotopic (exact) mass is 332 g/mol. The van der Waals surface area contributed by atoms with Crippen LogP contribution in [-0.4, -0.2) is 46.5 Å². The van der Waals surface area contributed by atoms with E-state index in [2.05, 4.69) is 10.4 Å². The van der Waals surface area contributed by atoms with Crippen molar-refractivity contribution >= 4 is 6.09 Å². The van der Waals surface area contributed by atoms with E-state index in [4.69, 9.17) is 4.74 Å². The summed E-state index contributed by atoms with van der Waals surface area (Å²) in [6, 6.07) is 6.46. The summed E-state index contributed by atoms with van der Waals surface area (Å²) in [5.41, 5.74) is 1.85. The van der Waals surface area contributed by atoms with Gasteiger partial charge in [0, 0.05) is 37.4 Å². The molecule has 7 heteroatoms. The van der Waals surface area contributed by atoms with E-state index < -0.39 is 0 Å². The zero-order chi connectivity index (χ0) is 16.9. The third kappa shape index (κ3) is 3.91. The number of hydrogen-bond donors (Lipinski definition) is 1. The maximum Gasteiger partial charge on any atom is 0.409 e. The second-order valence-electron chi connectivity index (χ2n) is 5.78. The topological polar surface area (TPSA) is 59.4 Å². The minimum Gasteiger partial charge on any atom is -0.450 e. The van der Waals surface area contributed by atoms with Gasteiger partial charge in [0.05, 0.1) is 18.5 Å². The van der Waals surface area contributed by atoms with Crippen molar-refractivity contribution in [2.45, 2.75) is 25.9 Å². The number of likely N-dealkylation sites (tertiary alicyclic amines) is 1. The lowest BCUT2D eigenvalue weighted by atomic mass is 10.2. The number of nitrogens with one attached hydrogen (secondary N) is 1. The van der Waals surface area contributed by atoms with E-state index in [0.29, 0.717) is 26.2 Å². The normalized spacial score (nSPS) is 17.2. The molecule has 1 fully saturated rings. The quantitative estimate of drug-likeness (QED) is 0.913. The Labute approximate surface area is 140 Å². The van der Waals surface area contributed by atoms with Crippen molar-refractivity contribution in [3.63, 3.8) is 0 Å². The molecule has 128 valence electrons. The molecule has 0 radical (unpaired) electrons. The molecule has 1 amide bonds. The van der Waals surface area contributed by atoms with Gasteiger partial charge in [-0.2, -0.15) is 5.10 Å². The number of benzene rings is 1. The summed E-state index contributed by atoms with van der Waals surface area (Å²) in [6.45, 7) is 4.25. The highest BCUT2D eigenvalue weighted by atomic mass is 19.1. The predicted molar refractivity (Wildman–Crippen MR) is 87.4 cm³/mol. The maximum atomic E-state index is 13.0. The number of halogens is 1. The van der Waals surface area contributed by atoms with Crippen LogP contribution in [0.15, 0.2) is 36.7 Å². The highest BCUT2D eigenvalue weighted by Crippen LogP contribution is 2.13. The lowest BCUT2D eigenvalue weighted by molar-refractivity contribution is 0.115. The van der Waals surface area contributed by atoms with Crippen molar-refractivity contribution in [3.8, 4) is 5.69 Å². The molecule has 0 aliphatic carbocycles. The third-order valence-corrected chi connectivity index (χ3v) is 4.04. The number of hydrogen-bond acceptors (Lipinski definition) is 4. The minimum atomic E-state index is -0.264. The lowest BCUT2D eigenvalue weighted by Crippen LogP contribution is -2.35. The molecule has 1 atom stereocenters. The minimum absolute atomic E-state index is 0.245. The van der Waals surface area contributed by atoms with Crippen LogP contribution in [0.25, 0.3) is 5.69 Å². The number of nitrogens with zero attached hydrogens (tertiary/aromatic N) is 3. The van der Waals surface area contributed by atoms with Crippen LogP contribution in [0.1, 0.15) is 18.9 Å². The van der Waals surface area contributed by atoms with Crippen LogP contribution >= 0.6 is 0 Å². The van der Waals surface area contributed by atoms with Crippen molar-refractivity contribution in [3.05, 3.63) is 48.0 Å². The van der Waals surface area contributed by atoms with E-state index in [9.17, 15) is 9.18 Å². The first-order chi connectivity index (χ1) is 11.7. The largest absolute Gasteiger partial charge is 0.450 e. The van der Waals surface area contributed by atoms with Crippen molar-refractivity contribution in [1.82, 2.24) is 20.0 Å². The van der Waals surface area contributed by atoms with E-state index in [1.807, 2.05) is 13.1 Å². The van der Waals surface area contributed by atoms with Gasteiger partial charge in [0.25, 0.3) is 0 Å². The Morgan fingerprint density at radius 3 is 2.96 bits per heavy atom. The lowest BCUT2D eigenvalue weighted by Gasteiger charge is -2.16. The summed E-state index contributed by atoms with van der Waals surface area (Å²) in [7, 11) is 0. The number of carbonyl (C=O) groups is 1. The molecule has 2 aromatic rings. The summed E-state index contributed by atoms with van der Waals surface area (Å²) < 4.78 is 19.7. The molecule has 1 aliphatic heterocycles. The number of rotatable bonds is 5. The van der Waals surface area contributed by atoms with Crippen LogP contribution in [0.3, 0.4) is 0 Å². The Morgan fingerprint density at radius 2 is 2.21 bits per heavy atom. The zero-order valence-corrected chi connectivity index (χ0v) is 13.6. The molecule has 0 spiro atoms. The molecule has 0 saturated carbocycles. The van der Waals surface area contributed by atoms with Crippen LogP contribution in [0.2, 0.25) is 0 Å². The Bertz CT molecular complexity index is 686. The van der Waals surface area contributed by atoms with Crippen molar-refractivity contribution in [1.29, 1.82) is 0 Å². The molecule has 1 saturated heterocycles. The third-order valence-electron chi connectivity index (χ3n) is 4.04. The Balaban J connectivity index is 1.51. The van der Waals surface area contributed by atoms with E-state index in [1.54, 1.807) is 27.9 Å². The molecule has 0 unspecified atom stereocenters. The Morgan fingerprint density at radius 1 is 1.42 bits per heavy atom. The molecule has 1 aromatic heterocycles. The summed E-state index contributed by atoms with van der Waals surface area (Å²) in [5, 5.41) is 7.73. The van der Waals surface area contributed by atoms with E-state index in [0.717, 1.165) is 17.7 Å². The molecule has 24 heavy (non-hydrogen) atoms. The summed E-state index contributed by atoms with van der Waals surface area (Å²) in [4.78, 5) is 13.4. The number of carbonyl (C=O) groups excluding carboxylic acids is 1. The van der Waals surface area contributed by atoms with Crippen LogP contribution < -0.4 is 5.32 Å². The fourth-order valence-electron chi connectivity index (χ4n) is 2.76. The van der Waals surface area contributed by atoms with Gasteiger partial charge < -0.3 is 15.0 Å². The van der Waals surface area contributed by atoms with Gasteiger partial charge in [-0.1, -0.05) is 0 Å². The van der Waals surface area contributed by atoms with Crippen LogP contribution in [0, 0.1) is 5.82 Å². The predicted octanol–water partition coefficient (Wildman–Crippen LogP) is 2.33. The van der Waals surface area contributed by atoms with Gasteiger partial charge in [0.1, 0.15) is 5.82 Å². The molecule has 1 aromatic carbocycles. The molecular formula is C17H21FN4O2. The zero-order valence-electron chi connectivity index (χ0n) is 13.6. The number of amides is 1. The molecule has 1 N–H and O–H groups in total. The Hall–Kier alpha value is -2.41. The van der Waals surface area contributed by atoms with Crippen molar-refractivity contribution in [2.75, 3.05) is 19.7 Å². The molecule has 1 aliphatic rings. The average Bonchev–Trinajstić information content (AvgIpc) is 3.23. The van der Waals surface area contributed by atoms with Gasteiger partial charge in [-0.05, 0) is 37.6 Å². The molecule has 2 heterocycles. The summed E-state index contributed by atoms with van der Waals surface area (Å²) in [5.74, 6) is -0.264. The highest BCUT2D eigenvalue weighted by Gasteiger charge is 2.26. The average molecular weight is 332 g/mol. The smallest absolute Gasteiger partial charge is 0.409 e. The van der Waals surface area contributed by atoms with Gasteiger partial charge in [0.2, 0.25) is 0 Å². The van der Waals surface area contributed by atoms with Crippen LogP contribution in [0.4, 0.5) is 9.18 Å².